The van der Waals surface area contributed by atoms with Gasteiger partial charge in [-0.1, -0.05) is 54.6 Å². The molecule has 4 rings (SSSR count). The zero-order valence-electron chi connectivity index (χ0n) is 17.3. The van der Waals surface area contributed by atoms with Crippen LogP contribution in [-0.2, 0) is 19.7 Å². The van der Waals surface area contributed by atoms with Gasteiger partial charge in [-0.25, -0.2) is 9.18 Å². The summed E-state index contributed by atoms with van der Waals surface area (Å²) < 4.78 is 19.2. The topological polar surface area (TPSA) is 58.6 Å². The van der Waals surface area contributed by atoms with Crippen LogP contribution in [-0.4, -0.2) is 11.1 Å². The molecule has 4 nitrogen and oxygen atoms in total. The fourth-order valence-electron chi connectivity index (χ4n) is 3.47. The van der Waals surface area contributed by atoms with Gasteiger partial charge in [0.15, 0.2) is 0 Å². The van der Waals surface area contributed by atoms with Crippen LogP contribution in [0.2, 0.25) is 0 Å². The van der Waals surface area contributed by atoms with E-state index in [2.05, 4.69) is 17.4 Å². The standard InChI is InChI=1S/C26H22FNO3.ClH/c27-22-12-7-19(8-13-22)17-31-25-14-11-20-3-1-2-4-23(20)24(25)16-28-15-18-5-9-21(10-6-18)26(29)30;/h1-14,28H,15-17H2,(H,29,30);1H. The van der Waals surface area contributed by atoms with Crippen molar-refractivity contribution in [3.05, 3.63) is 113 Å². The highest BCUT2D eigenvalue weighted by Crippen LogP contribution is 2.29. The van der Waals surface area contributed by atoms with Crippen molar-refractivity contribution < 1.29 is 19.0 Å². The Balaban J connectivity index is 0.00000289. The summed E-state index contributed by atoms with van der Waals surface area (Å²) in [5.41, 5.74) is 3.21. The minimum Gasteiger partial charge on any atom is -0.489 e. The van der Waals surface area contributed by atoms with Crippen LogP contribution in [0.4, 0.5) is 4.39 Å². The highest BCUT2D eigenvalue weighted by Gasteiger charge is 2.10. The van der Waals surface area contributed by atoms with Gasteiger partial charge >= 0.3 is 5.97 Å². The van der Waals surface area contributed by atoms with Crippen molar-refractivity contribution in [3.63, 3.8) is 0 Å². The minimum atomic E-state index is -0.932. The van der Waals surface area contributed by atoms with Gasteiger partial charge in [0.05, 0.1) is 5.56 Å². The number of benzene rings is 4. The van der Waals surface area contributed by atoms with E-state index in [1.165, 1.54) is 12.1 Å². The molecule has 0 saturated carbocycles. The molecule has 0 aliphatic carbocycles. The SMILES string of the molecule is Cl.O=C(O)c1ccc(CNCc2c(OCc3ccc(F)cc3)ccc3ccccc23)cc1. The molecule has 4 aromatic rings. The molecule has 0 atom stereocenters. The van der Waals surface area contributed by atoms with Crippen molar-refractivity contribution in [1.29, 1.82) is 0 Å². The van der Waals surface area contributed by atoms with Gasteiger partial charge in [-0.2, -0.15) is 0 Å². The molecule has 0 unspecified atom stereocenters. The number of hydrogen-bond acceptors (Lipinski definition) is 3. The van der Waals surface area contributed by atoms with Crippen LogP contribution in [0.1, 0.15) is 27.0 Å². The normalized spacial score (nSPS) is 10.5. The molecule has 2 N–H and O–H groups in total. The first kappa shape index (κ1) is 23.3. The maximum atomic E-state index is 13.2. The predicted molar refractivity (Wildman–Crippen MR) is 126 cm³/mol. The number of carbonyl (C=O) groups is 1. The lowest BCUT2D eigenvalue weighted by Crippen LogP contribution is -2.14. The summed E-state index contributed by atoms with van der Waals surface area (Å²) in [4.78, 5) is 11.0. The van der Waals surface area contributed by atoms with Gasteiger partial charge in [-0.05, 0) is 52.2 Å². The van der Waals surface area contributed by atoms with Crippen LogP contribution in [0.3, 0.4) is 0 Å². The Kier molecular flexibility index (Phi) is 7.82. The van der Waals surface area contributed by atoms with Gasteiger partial charge in [0.2, 0.25) is 0 Å². The van der Waals surface area contributed by atoms with Crippen molar-refractivity contribution in [1.82, 2.24) is 5.32 Å². The van der Waals surface area contributed by atoms with Crippen molar-refractivity contribution >= 4 is 29.1 Å². The smallest absolute Gasteiger partial charge is 0.335 e. The molecular formula is C26H23ClFNO3. The largest absolute Gasteiger partial charge is 0.489 e. The Bertz CT molecular complexity index is 1190. The van der Waals surface area contributed by atoms with Crippen LogP contribution in [0.15, 0.2) is 84.9 Å². The molecule has 0 aliphatic rings. The number of aromatic carboxylic acids is 1. The van der Waals surface area contributed by atoms with E-state index in [0.717, 1.165) is 33.2 Å². The van der Waals surface area contributed by atoms with Gasteiger partial charge in [-0.3, -0.25) is 0 Å². The molecule has 0 aliphatic heterocycles. The number of nitrogens with one attached hydrogen (secondary N) is 1. The lowest BCUT2D eigenvalue weighted by atomic mass is 10.0. The van der Waals surface area contributed by atoms with E-state index in [-0.39, 0.29) is 23.8 Å². The number of ether oxygens (including phenoxy) is 1. The summed E-state index contributed by atoms with van der Waals surface area (Å²) in [6.45, 7) is 1.53. The number of hydrogen-bond donors (Lipinski definition) is 2. The second-order valence-electron chi connectivity index (χ2n) is 7.28. The Morgan fingerprint density at radius 3 is 2.25 bits per heavy atom. The van der Waals surface area contributed by atoms with Crippen molar-refractivity contribution in [2.45, 2.75) is 19.7 Å². The summed E-state index contributed by atoms with van der Waals surface area (Å²) in [7, 11) is 0. The van der Waals surface area contributed by atoms with Crippen molar-refractivity contribution in [3.8, 4) is 5.75 Å². The van der Waals surface area contributed by atoms with E-state index in [1.807, 2.05) is 36.4 Å². The fourth-order valence-corrected chi connectivity index (χ4v) is 3.47. The summed E-state index contributed by atoms with van der Waals surface area (Å²) in [6.07, 6.45) is 0. The second kappa shape index (κ2) is 10.8. The Morgan fingerprint density at radius 1 is 0.844 bits per heavy atom. The zero-order valence-corrected chi connectivity index (χ0v) is 18.1. The van der Waals surface area contributed by atoms with Crippen LogP contribution in [0, 0.1) is 5.82 Å². The van der Waals surface area contributed by atoms with E-state index < -0.39 is 5.97 Å². The van der Waals surface area contributed by atoms with Gasteiger partial charge in [0, 0.05) is 18.7 Å². The fraction of sp³-hybridized carbons (Fsp3) is 0.115. The highest BCUT2D eigenvalue weighted by molar-refractivity contribution is 5.88. The number of halogens is 2. The summed E-state index contributed by atoms with van der Waals surface area (Å²) >= 11 is 0. The molecule has 0 fully saturated rings. The molecule has 4 aromatic carbocycles. The maximum Gasteiger partial charge on any atom is 0.335 e. The zero-order chi connectivity index (χ0) is 21.6. The van der Waals surface area contributed by atoms with Crippen LogP contribution in [0.25, 0.3) is 10.8 Å². The molecular weight excluding hydrogens is 429 g/mol. The van der Waals surface area contributed by atoms with Crippen molar-refractivity contribution in [2.24, 2.45) is 0 Å². The van der Waals surface area contributed by atoms with E-state index >= 15 is 0 Å². The molecule has 6 heteroatoms. The maximum absolute atomic E-state index is 13.2. The lowest BCUT2D eigenvalue weighted by Gasteiger charge is -2.15. The Labute approximate surface area is 192 Å². The third-order valence-electron chi connectivity index (χ3n) is 5.14. The average Bonchev–Trinajstić information content (AvgIpc) is 2.79. The first-order chi connectivity index (χ1) is 15.1. The predicted octanol–water partition coefficient (Wildman–Crippen LogP) is 5.97. The lowest BCUT2D eigenvalue weighted by molar-refractivity contribution is 0.0697. The molecule has 0 saturated heterocycles. The number of carboxylic acids is 1. The molecule has 32 heavy (non-hydrogen) atoms. The average molecular weight is 452 g/mol. The number of fused-ring (bicyclic) bond motifs is 1. The minimum absolute atomic E-state index is 0. The number of rotatable bonds is 8. The number of carboxylic acid groups (broad SMARTS) is 1. The van der Waals surface area contributed by atoms with Gasteiger partial charge in [0.25, 0.3) is 0 Å². The van der Waals surface area contributed by atoms with Crippen LogP contribution >= 0.6 is 12.4 Å². The molecule has 0 amide bonds. The summed E-state index contributed by atoms with van der Waals surface area (Å²) in [6, 6.07) is 25.3. The monoisotopic (exact) mass is 451 g/mol. The van der Waals surface area contributed by atoms with Gasteiger partial charge in [-0.15, -0.1) is 12.4 Å². The molecule has 0 heterocycles. The molecule has 0 radical (unpaired) electrons. The first-order valence-electron chi connectivity index (χ1n) is 10.0. The summed E-state index contributed by atoms with van der Waals surface area (Å²) in [5.74, 6) is -0.425. The summed E-state index contributed by atoms with van der Waals surface area (Å²) in [5, 5.41) is 14.7. The molecule has 0 aromatic heterocycles. The Morgan fingerprint density at radius 2 is 1.53 bits per heavy atom. The molecule has 0 spiro atoms. The Hall–Kier alpha value is -3.41. The molecule has 0 bridgehead atoms. The third-order valence-corrected chi connectivity index (χ3v) is 5.14. The van der Waals surface area contributed by atoms with E-state index in [1.54, 1.807) is 24.3 Å². The quantitative estimate of drug-likeness (QED) is 0.346. The van der Waals surface area contributed by atoms with E-state index in [4.69, 9.17) is 9.84 Å². The van der Waals surface area contributed by atoms with Crippen molar-refractivity contribution in [2.75, 3.05) is 0 Å². The third kappa shape index (κ3) is 5.63. The second-order valence-corrected chi connectivity index (χ2v) is 7.28. The van der Waals surface area contributed by atoms with E-state index in [9.17, 15) is 9.18 Å². The van der Waals surface area contributed by atoms with Crippen LogP contribution in [0.5, 0.6) is 5.75 Å². The van der Waals surface area contributed by atoms with E-state index in [0.29, 0.717) is 19.7 Å². The first-order valence-corrected chi connectivity index (χ1v) is 10.0. The highest BCUT2D eigenvalue weighted by atomic mass is 35.5. The van der Waals surface area contributed by atoms with Gasteiger partial charge < -0.3 is 15.2 Å². The molecule has 164 valence electrons. The van der Waals surface area contributed by atoms with Gasteiger partial charge in [0.1, 0.15) is 18.2 Å². The van der Waals surface area contributed by atoms with Crippen LogP contribution < -0.4 is 10.1 Å².